The van der Waals surface area contributed by atoms with E-state index in [0.29, 0.717) is 21.7 Å². The highest BCUT2D eigenvalue weighted by Gasteiger charge is 2.07. The third-order valence-electron chi connectivity index (χ3n) is 2.94. The molecule has 0 aliphatic rings. The number of aromatic nitrogens is 2. The molecule has 0 fully saturated rings. The molecular weight excluding hydrogens is 307 g/mol. The molecule has 6 heteroatoms. The lowest BCUT2D eigenvalue weighted by Gasteiger charge is -2.10. The van der Waals surface area contributed by atoms with Crippen LogP contribution in [0.4, 0.5) is 17.5 Å². The van der Waals surface area contributed by atoms with E-state index in [4.69, 9.17) is 23.2 Å². The highest BCUT2D eigenvalue weighted by atomic mass is 35.5. The molecule has 2 aromatic rings. The molecule has 0 aliphatic heterocycles. The monoisotopic (exact) mass is 324 g/mol. The molecular formula is C15H18Cl2N4. The van der Waals surface area contributed by atoms with Gasteiger partial charge >= 0.3 is 0 Å². The van der Waals surface area contributed by atoms with E-state index in [1.54, 1.807) is 24.4 Å². The zero-order chi connectivity index (χ0) is 15.1. The summed E-state index contributed by atoms with van der Waals surface area (Å²) in [6.07, 6.45) is 5.23. The maximum Gasteiger partial charge on any atom is 0.229 e. The number of nitrogens with zero attached hydrogens (tertiary/aromatic N) is 2. The number of halogens is 2. The van der Waals surface area contributed by atoms with Gasteiger partial charge in [-0.2, -0.15) is 4.98 Å². The van der Waals surface area contributed by atoms with Crippen LogP contribution in [0.5, 0.6) is 0 Å². The summed E-state index contributed by atoms with van der Waals surface area (Å²) < 4.78 is 0. The van der Waals surface area contributed by atoms with Gasteiger partial charge in [0.05, 0.1) is 15.7 Å². The lowest BCUT2D eigenvalue weighted by Crippen LogP contribution is -2.05. The first-order chi connectivity index (χ1) is 10.2. The minimum absolute atomic E-state index is 0.463. The summed E-state index contributed by atoms with van der Waals surface area (Å²) in [7, 11) is 0. The molecule has 4 nitrogen and oxygen atoms in total. The minimum atomic E-state index is 0.463. The Bertz CT molecular complexity index is 569. The lowest BCUT2D eigenvalue weighted by atomic mass is 10.2. The molecule has 1 aromatic heterocycles. The smallest absolute Gasteiger partial charge is 0.229 e. The van der Waals surface area contributed by atoms with Crippen molar-refractivity contribution in [2.75, 3.05) is 17.2 Å². The van der Waals surface area contributed by atoms with Crippen molar-refractivity contribution in [3.8, 4) is 0 Å². The molecule has 1 aromatic carbocycles. The van der Waals surface area contributed by atoms with Gasteiger partial charge in [0.1, 0.15) is 5.82 Å². The van der Waals surface area contributed by atoms with Crippen molar-refractivity contribution in [3.63, 3.8) is 0 Å². The molecule has 0 saturated carbocycles. The van der Waals surface area contributed by atoms with Gasteiger partial charge in [0, 0.05) is 12.7 Å². The Kier molecular flexibility index (Phi) is 6.08. The Morgan fingerprint density at radius 2 is 1.86 bits per heavy atom. The van der Waals surface area contributed by atoms with Crippen LogP contribution >= 0.6 is 23.2 Å². The second-order valence-corrected chi connectivity index (χ2v) is 5.44. The van der Waals surface area contributed by atoms with Gasteiger partial charge in [-0.05, 0) is 24.6 Å². The summed E-state index contributed by atoms with van der Waals surface area (Å²) >= 11 is 12.2. The van der Waals surface area contributed by atoms with Crippen molar-refractivity contribution in [2.24, 2.45) is 0 Å². The number of unbranched alkanes of at least 4 members (excludes halogenated alkanes) is 2. The summed E-state index contributed by atoms with van der Waals surface area (Å²) in [5.41, 5.74) is 0.615. The van der Waals surface area contributed by atoms with Crippen LogP contribution in [0.1, 0.15) is 26.2 Å². The Hall–Kier alpha value is -1.52. The molecule has 0 amide bonds. The molecule has 1 heterocycles. The van der Waals surface area contributed by atoms with Crippen LogP contribution in [0.25, 0.3) is 0 Å². The maximum absolute atomic E-state index is 6.12. The van der Waals surface area contributed by atoms with Crippen LogP contribution in [0.3, 0.4) is 0 Å². The van der Waals surface area contributed by atoms with Gasteiger partial charge in [-0.3, -0.25) is 0 Å². The summed E-state index contributed by atoms with van der Waals surface area (Å²) in [5, 5.41) is 7.40. The molecule has 0 aliphatic carbocycles. The highest BCUT2D eigenvalue weighted by Crippen LogP contribution is 2.31. The second kappa shape index (κ2) is 8.05. The predicted molar refractivity (Wildman–Crippen MR) is 89.8 cm³/mol. The molecule has 0 bridgehead atoms. The van der Waals surface area contributed by atoms with Crippen molar-refractivity contribution in [3.05, 3.63) is 40.5 Å². The number of hydrogen-bond donors (Lipinski definition) is 2. The third-order valence-corrected chi connectivity index (χ3v) is 3.57. The fourth-order valence-corrected chi connectivity index (χ4v) is 2.33. The van der Waals surface area contributed by atoms with Gasteiger partial charge in [-0.25, -0.2) is 4.98 Å². The first kappa shape index (κ1) is 15.9. The fraction of sp³-hybridized carbons (Fsp3) is 0.333. The summed E-state index contributed by atoms with van der Waals surface area (Å²) in [6, 6.07) is 7.17. The summed E-state index contributed by atoms with van der Waals surface area (Å²) in [5.74, 6) is 1.25. The van der Waals surface area contributed by atoms with E-state index >= 15 is 0 Å². The van der Waals surface area contributed by atoms with E-state index in [1.165, 1.54) is 12.8 Å². The van der Waals surface area contributed by atoms with Crippen molar-refractivity contribution in [2.45, 2.75) is 26.2 Å². The van der Waals surface area contributed by atoms with Crippen molar-refractivity contribution in [1.82, 2.24) is 9.97 Å². The summed E-state index contributed by atoms with van der Waals surface area (Å²) in [4.78, 5) is 8.58. The van der Waals surface area contributed by atoms with Gasteiger partial charge < -0.3 is 10.6 Å². The molecule has 0 spiro atoms. The Morgan fingerprint density at radius 1 is 1.10 bits per heavy atom. The second-order valence-electron chi connectivity index (χ2n) is 4.62. The lowest BCUT2D eigenvalue weighted by molar-refractivity contribution is 0.742. The molecule has 0 unspecified atom stereocenters. The van der Waals surface area contributed by atoms with Gasteiger partial charge in [-0.1, -0.05) is 49.0 Å². The van der Waals surface area contributed by atoms with Crippen molar-refractivity contribution >= 4 is 40.7 Å². The number of rotatable bonds is 7. The fourth-order valence-electron chi connectivity index (χ4n) is 1.84. The van der Waals surface area contributed by atoms with Crippen LogP contribution in [-0.4, -0.2) is 16.5 Å². The van der Waals surface area contributed by atoms with E-state index in [0.717, 1.165) is 18.8 Å². The average Bonchev–Trinajstić information content (AvgIpc) is 2.48. The summed E-state index contributed by atoms with van der Waals surface area (Å²) in [6.45, 7) is 3.08. The van der Waals surface area contributed by atoms with Crippen LogP contribution < -0.4 is 10.6 Å². The first-order valence-corrected chi connectivity index (χ1v) is 7.74. The van der Waals surface area contributed by atoms with E-state index < -0.39 is 0 Å². The maximum atomic E-state index is 6.12. The van der Waals surface area contributed by atoms with Gasteiger partial charge in [-0.15, -0.1) is 0 Å². The SMILES string of the molecule is CCCCCNc1ccnc(Nc2c(Cl)cccc2Cl)n1. The molecule has 2 N–H and O–H groups in total. The number of nitrogens with one attached hydrogen (secondary N) is 2. The molecule has 21 heavy (non-hydrogen) atoms. The van der Waals surface area contributed by atoms with E-state index in [-0.39, 0.29) is 0 Å². The van der Waals surface area contributed by atoms with E-state index in [2.05, 4.69) is 27.5 Å². The number of anilines is 3. The molecule has 112 valence electrons. The van der Waals surface area contributed by atoms with Crippen LogP contribution in [0, 0.1) is 0 Å². The Morgan fingerprint density at radius 3 is 2.57 bits per heavy atom. The van der Waals surface area contributed by atoms with Gasteiger partial charge in [0.25, 0.3) is 0 Å². The topological polar surface area (TPSA) is 49.8 Å². The molecule has 0 saturated heterocycles. The van der Waals surface area contributed by atoms with E-state index in [1.807, 2.05) is 6.07 Å². The third kappa shape index (κ3) is 4.76. The van der Waals surface area contributed by atoms with Gasteiger partial charge in [0.2, 0.25) is 5.95 Å². The van der Waals surface area contributed by atoms with Gasteiger partial charge in [0.15, 0.2) is 0 Å². The predicted octanol–water partition coefficient (Wildman–Crippen LogP) is 5.13. The van der Waals surface area contributed by atoms with Crippen molar-refractivity contribution in [1.29, 1.82) is 0 Å². The quantitative estimate of drug-likeness (QED) is 0.693. The molecule has 0 atom stereocenters. The van der Waals surface area contributed by atoms with Crippen LogP contribution in [-0.2, 0) is 0 Å². The van der Waals surface area contributed by atoms with Crippen LogP contribution in [0.15, 0.2) is 30.5 Å². The highest BCUT2D eigenvalue weighted by molar-refractivity contribution is 6.39. The number of hydrogen-bond acceptors (Lipinski definition) is 4. The standard InChI is InChI=1S/C15H18Cl2N4/c1-2-3-4-9-18-13-8-10-19-15(20-13)21-14-11(16)6-5-7-12(14)17/h5-8,10H,2-4,9H2,1H3,(H2,18,19,20,21). The zero-order valence-electron chi connectivity index (χ0n) is 11.9. The minimum Gasteiger partial charge on any atom is -0.370 e. The van der Waals surface area contributed by atoms with E-state index in [9.17, 15) is 0 Å². The normalized spacial score (nSPS) is 10.4. The first-order valence-electron chi connectivity index (χ1n) is 6.98. The number of benzene rings is 1. The number of para-hydroxylation sites is 1. The zero-order valence-corrected chi connectivity index (χ0v) is 13.4. The Balaban J connectivity index is 2.04. The Labute approximate surface area is 134 Å². The van der Waals surface area contributed by atoms with Crippen molar-refractivity contribution < 1.29 is 0 Å². The molecule has 2 rings (SSSR count). The molecule has 0 radical (unpaired) electrons. The average molecular weight is 325 g/mol. The van der Waals surface area contributed by atoms with Crippen LogP contribution in [0.2, 0.25) is 10.0 Å². The largest absolute Gasteiger partial charge is 0.370 e.